The molecule has 0 aliphatic carbocycles. The maximum absolute atomic E-state index is 12.1. The predicted molar refractivity (Wildman–Crippen MR) is 43.7 cm³/mol. The monoisotopic (exact) mass is 195 g/mol. The zero-order valence-electron chi connectivity index (χ0n) is 6.39. The van der Waals surface area contributed by atoms with Crippen molar-refractivity contribution >= 4 is 23.1 Å². The molecule has 0 amide bonds. The molecule has 6 heteroatoms. The molecule has 0 aromatic carbocycles. The van der Waals surface area contributed by atoms with Crippen LogP contribution in [-0.4, -0.2) is 14.1 Å². The van der Waals surface area contributed by atoms with E-state index in [1.165, 1.54) is 13.2 Å². The van der Waals surface area contributed by atoms with Gasteiger partial charge in [0.25, 0.3) is 0 Å². The van der Waals surface area contributed by atoms with Crippen molar-refractivity contribution in [3.05, 3.63) is 17.0 Å². The number of ether oxygens (including phenoxy) is 1. The smallest absolute Gasteiger partial charge is 0.444 e. The summed E-state index contributed by atoms with van der Waals surface area (Å²) in [6.07, 6.45) is 0. The molecule has 0 saturated heterocycles. The van der Waals surface area contributed by atoms with Gasteiger partial charge in [-0.25, -0.2) is 0 Å². The molecular formula is C6H7BF3OS-. The molecule has 0 saturated carbocycles. The Kier molecular flexibility index (Phi) is 2.79. The number of halogens is 3. The fourth-order valence-corrected chi connectivity index (χ4v) is 1.68. The van der Waals surface area contributed by atoms with E-state index in [1.807, 2.05) is 0 Å². The Hall–Kier alpha value is -0.485. The van der Waals surface area contributed by atoms with E-state index in [1.54, 1.807) is 0 Å². The molecule has 0 N–H and O–H groups in total. The minimum absolute atomic E-state index is 0.247. The van der Waals surface area contributed by atoms with E-state index in [0.717, 1.165) is 17.4 Å². The molecule has 0 aliphatic rings. The lowest BCUT2D eigenvalue weighted by Crippen LogP contribution is -2.30. The van der Waals surface area contributed by atoms with Crippen LogP contribution in [0.25, 0.3) is 0 Å². The average Bonchev–Trinajstić information content (AvgIpc) is 2.35. The Balaban J connectivity index is 2.77. The Morgan fingerprint density at radius 3 is 2.50 bits per heavy atom. The van der Waals surface area contributed by atoms with Crippen molar-refractivity contribution < 1.29 is 17.7 Å². The van der Waals surface area contributed by atoms with Crippen LogP contribution in [0.3, 0.4) is 0 Å². The van der Waals surface area contributed by atoms with Crippen LogP contribution >= 0.6 is 11.3 Å². The highest BCUT2D eigenvalue weighted by molar-refractivity contribution is 7.23. The van der Waals surface area contributed by atoms with E-state index >= 15 is 0 Å². The Bertz CT molecular complexity index is 258. The molecule has 1 heterocycles. The zero-order valence-corrected chi connectivity index (χ0v) is 7.21. The number of hydrogen-bond acceptors (Lipinski definition) is 2. The molecule has 12 heavy (non-hydrogen) atoms. The van der Waals surface area contributed by atoms with E-state index in [9.17, 15) is 12.9 Å². The van der Waals surface area contributed by atoms with Gasteiger partial charge in [-0.15, -0.1) is 0 Å². The second-order valence-corrected chi connectivity index (χ2v) is 3.51. The van der Waals surface area contributed by atoms with E-state index < -0.39 is 11.8 Å². The average molecular weight is 195 g/mol. The zero-order chi connectivity index (χ0) is 9.19. The molecule has 1 aromatic heterocycles. The standard InChI is InChI=1S/C6H7BF3OS/c1-11-4-5-2-3-6(12-5)7(8,9)10/h2-3H,4H2,1H3/q-1. The van der Waals surface area contributed by atoms with E-state index in [-0.39, 0.29) is 6.61 Å². The van der Waals surface area contributed by atoms with Crippen LogP contribution in [0.15, 0.2) is 12.1 Å². The van der Waals surface area contributed by atoms with Crippen LogP contribution in [0, 0.1) is 0 Å². The van der Waals surface area contributed by atoms with Gasteiger partial charge >= 0.3 is 6.98 Å². The third-order valence-electron chi connectivity index (χ3n) is 1.29. The Morgan fingerprint density at radius 1 is 1.42 bits per heavy atom. The van der Waals surface area contributed by atoms with Crippen molar-refractivity contribution in [1.29, 1.82) is 0 Å². The van der Waals surface area contributed by atoms with Gasteiger partial charge in [0, 0.05) is 12.0 Å². The van der Waals surface area contributed by atoms with Crippen molar-refractivity contribution in [2.24, 2.45) is 0 Å². The van der Waals surface area contributed by atoms with Gasteiger partial charge in [0.05, 0.1) is 6.61 Å². The van der Waals surface area contributed by atoms with Crippen molar-refractivity contribution in [3.63, 3.8) is 0 Å². The van der Waals surface area contributed by atoms with Crippen molar-refractivity contribution in [2.75, 3.05) is 7.11 Å². The molecule has 1 rings (SSSR count). The maximum Gasteiger partial charge on any atom is 0.519 e. The van der Waals surface area contributed by atoms with Gasteiger partial charge in [-0.05, 0) is 6.07 Å². The van der Waals surface area contributed by atoms with Crippen molar-refractivity contribution in [1.82, 2.24) is 0 Å². The first-order valence-corrected chi connectivity index (χ1v) is 4.13. The lowest BCUT2D eigenvalue weighted by Gasteiger charge is -2.10. The SMILES string of the molecule is COCc1ccc([B-](F)(F)F)s1. The van der Waals surface area contributed by atoms with Crippen molar-refractivity contribution in [2.45, 2.75) is 6.61 Å². The fraction of sp³-hybridized carbons (Fsp3) is 0.333. The number of methoxy groups -OCH3 is 1. The first-order valence-electron chi connectivity index (χ1n) is 3.31. The molecule has 1 nitrogen and oxygen atoms in total. The van der Waals surface area contributed by atoms with Gasteiger partial charge in [0.1, 0.15) is 0 Å². The minimum Gasteiger partial charge on any atom is -0.444 e. The summed E-state index contributed by atoms with van der Waals surface area (Å²) in [7, 11) is 1.46. The minimum atomic E-state index is -4.83. The highest BCUT2D eigenvalue weighted by Gasteiger charge is 2.27. The van der Waals surface area contributed by atoms with Crippen LogP contribution in [-0.2, 0) is 11.3 Å². The molecule has 0 spiro atoms. The largest absolute Gasteiger partial charge is 0.519 e. The fourth-order valence-electron chi connectivity index (χ4n) is 0.790. The topological polar surface area (TPSA) is 9.23 Å². The summed E-state index contributed by atoms with van der Waals surface area (Å²) in [5.74, 6) is 0. The predicted octanol–water partition coefficient (Wildman–Crippen LogP) is 1.95. The van der Waals surface area contributed by atoms with Gasteiger partial charge in [-0.1, -0.05) is 10.8 Å². The molecule has 0 aliphatic heterocycles. The lowest BCUT2D eigenvalue weighted by atomic mass is 9.90. The summed E-state index contributed by atoms with van der Waals surface area (Å²) in [4.78, 5) is 0.603. The first kappa shape index (κ1) is 9.60. The van der Waals surface area contributed by atoms with E-state index in [4.69, 9.17) is 4.74 Å². The molecule has 0 atom stereocenters. The highest BCUT2D eigenvalue weighted by Crippen LogP contribution is 2.16. The maximum atomic E-state index is 12.1. The summed E-state index contributed by atoms with van der Waals surface area (Å²) in [6, 6.07) is 2.54. The molecular weight excluding hydrogens is 188 g/mol. The summed E-state index contributed by atoms with van der Waals surface area (Å²) in [5.41, 5.74) is 0. The van der Waals surface area contributed by atoms with Crippen LogP contribution in [0.5, 0.6) is 0 Å². The quantitative estimate of drug-likeness (QED) is 0.669. The normalized spacial score (nSPS) is 12.0. The third kappa shape index (κ3) is 2.25. The summed E-state index contributed by atoms with van der Waals surface area (Å²) < 4.78 is 40.4. The van der Waals surface area contributed by atoms with Crippen LogP contribution in [0.4, 0.5) is 12.9 Å². The second kappa shape index (κ2) is 3.49. The van der Waals surface area contributed by atoms with Crippen LogP contribution in [0.1, 0.15) is 4.88 Å². The van der Waals surface area contributed by atoms with E-state index in [0.29, 0.717) is 4.88 Å². The van der Waals surface area contributed by atoms with Gasteiger partial charge in [-0.2, -0.15) is 11.3 Å². The second-order valence-electron chi connectivity index (χ2n) is 2.31. The van der Waals surface area contributed by atoms with Gasteiger partial charge in [0.2, 0.25) is 0 Å². The number of rotatable bonds is 3. The number of hydrogen-bond donors (Lipinski definition) is 0. The molecule has 0 fully saturated rings. The Labute approximate surface area is 72.2 Å². The highest BCUT2D eigenvalue weighted by atomic mass is 32.1. The van der Waals surface area contributed by atoms with E-state index in [2.05, 4.69) is 0 Å². The summed E-state index contributed by atoms with van der Waals surface area (Å²) in [6.45, 7) is -4.59. The number of thiophene rings is 1. The van der Waals surface area contributed by atoms with Crippen LogP contribution in [0.2, 0.25) is 0 Å². The molecule has 0 unspecified atom stereocenters. The third-order valence-corrected chi connectivity index (χ3v) is 2.45. The van der Waals surface area contributed by atoms with Gasteiger partial charge < -0.3 is 17.7 Å². The molecule has 1 aromatic rings. The molecule has 68 valence electrons. The Morgan fingerprint density at radius 2 is 2.08 bits per heavy atom. The van der Waals surface area contributed by atoms with Gasteiger partial charge in [-0.3, -0.25) is 0 Å². The van der Waals surface area contributed by atoms with Crippen molar-refractivity contribution in [3.8, 4) is 0 Å². The molecule has 0 bridgehead atoms. The summed E-state index contributed by atoms with van der Waals surface area (Å²) >= 11 is 0.742. The first-order chi connectivity index (χ1) is 5.54. The molecule has 0 radical (unpaired) electrons. The lowest BCUT2D eigenvalue weighted by molar-refractivity contribution is 0.187. The summed E-state index contributed by atoms with van der Waals surface area (Å²) in [5, 5.41) is 0. The van der Waals surface area contributed by atoms with Gasteiger partial charge in [0.15, 0.2) is 0 Å². The van der Waals surface area contributed by atoms with Crippen LogP contribution < -0.4 is 4.78 Å².